The first-order valence-electron chi connectivity index (χ1n) is 6.95. The van der Waals surface area contributed by atoms with E-state index < -0.39 is 5.97 Å². The number of nitrogens with zero attached hydrogens (tertiary/aromatic N) is 2. The molecule has 0 aliphatic rings. The second-order valence-electron chi connectivity index (χ2n) is 4.76. The zero-order valence-corrected chi connectivity index (χ0v) is 13.0. The number of hydrogen-bond donors (Lipinski definition) is 0. The molecule has 0 fully saturated rings. The largest absolute Gasteiger partial charge is 0.545 e. The van der Waals surface area contributed by atoms with Crippen LogP contribution in [-0.4, -0.2) is 41.6 Å². The Labute approximate surface area is 133 Å². The molecule has 0 aromatic carbocycles. The fourth-order valence-corrected chi connectivity index (χ4v) is 2.03. The number of pyridine rings is 1. The SMILES string of the molecule is C=CC[N+](CC=C)(CC=C)CC=C.O=C([O-])c1cccnc1. The third-order valence-electron chi connectivity index (χ3n) is 2.96. The lowest BCUT2D eigenvalue weighted by atomic mass is 10.3. The second kappa shape index (κ2) is 11.2. The van der Waals surface area contributed by atoms with Gasteiger partial charge in [-0.1, -0.05) is 32.4 Å². The molecule has 1 heterocycles. The van der Waals surface area contributed by atoms with Crippen molar-refractivity contribution in [3.05, 3.63) is 80.7 Å². The number of aromatic carboxylic acids is 1. The summed E-state index contributed by atoms with van der Waals surface area (Å²) >= 11 is 0. The van der Waals surface area contributed by atoms with E-state index in [9.17, 15) is 9.90 Å². The Morgan fingerprint density at radius 2 is 1.50 bits per heavy atom. The number of rotatable bonds is 9. The van der Waals surface area contributed by atoms with E-state index in [4.69, 9.17) is 0 Å². The maximum absolute atomic E-state index is 10.0. The number of carbonyl (C=O) groups is 1. The summed E-state index contributed by atoms with van der Waals surface area (Å²) in [7, 11) is 0. The fourth-order valence-electron chi connectivity index (χ4n) is 2.03. The Bertz CT molecular complexity index is 450. The van der Waals surface area contributed by atoms with Crippen molar-refractivity contribution >= 4 is 5.97 Å². The number of hydrogen-bond acceptors (Lipinski definition) is 3. The molecule has 1 aromatic heterocycles. The first kappa shape index (κ1) is 19.5. The maximum Gasteiger partial charge on any atom is 0.0978 e. The molecule has 0 spiro atoms. The molecule has 0 aliphatic carbocycles. The summed E-state index contributed by atoms with van der Waals surface area (Å²) in [5.41, 5.74) is 0.109. The van der Waals surface area contributed by atoms with Gasteiger partial charge in [0.25, 0.3) is 0 Å². The maximum atomic E-state index is 10.0. The smallest absolute Gasteiger partial charge is 0.0978 e. The minimum Gasteiger partial charge on any atom is -0.545 e. The van der Waals surface area contributed by atoms with Gasteiger partial charge in [-0.2, -0.15) is 0 Å². The molecule has 118 valence electrons. The van der Waals surface area contributed by atoms with Crippen LogP contribution in [0.1, 0.15) is 10.4 Å². The van der Waals surface area contributed by atoms with Crippen LogP contribution in [0.2, 0.25) is 0 Å². The number of aromatic nitrogens is 1. The highest BCUT2D eigenvalue weighted by atomic mass is 16.4. The summed E-state index contributed by atoms with van der Waals surface area (Å²) in [6, 6.07) is 2.98. The first-order valence-corrected chi connectivity index (χ1v) is 6.95. The minimum atomic E-state index is -1.19. The Morgan fingerprint density at radius 3 is 1.73 bits per heavy atom. The average Bonchev–Trinajstić information content (AvgIpc) is 2.50. The lowest BCUT2D eigenvalue weighted by Gasteiger charge is -2.35. The molecule has 0 saturated carbocycles. The van der Waals surface area contributed by atoms with E-state index in [1.807, 2.05) is 24.3 Å². The summed E-state index contributed by atoms with van der Waals surface area (Å²) in [5, 5.41) is 10.0. The molecular formula is C18H24N2O2. The van der Waals surface area contributed by atoms with E-state index in [0.717, 1.165) is 30.7 Å². The van der Waals surface area contributed by atoms with Gasteiger partial charge in [0.1, 0.15) is 0 Å². The molecule has 0 aliphatic heterocycles. The molecule has 0 bridgehead atoms. The van der Waals surface area contributed by atoms with Crippen molar-refractivity contribution in [2.24, 2.45) is 0 Å². The molecule has 1 rings (SSSR count). The highest BCUT2D eigenvalue weighted by molar-refractivity contribution is 5.85. The lowest BCUT2D eigenvalue weighted by molar-refractivity contribution is -0.906. The third-order valence-corrected chi connectivity index (χ3v) is 2.96. The van der Waals surface area contributed by atoms with Crippen LogP contribution in [0.5, 0.6) is 0 Å². The molecule has 0 atom stereocenters. The Kier molecular flexibility index (Phi) is 9.97. The van der Waals surface area contributed by atoms with Gasteiger partial charge in [-0.05, 0) is 30.4 Å². The van der Waals surface area contributed by atoms with Gasteiger partial charge in [-0.25, -0.2) is 0 Å². The molecule has 0 N–H and O–H groups in total. The van der Waals surface area contributed by atoms with E-state index in [-0.39, 0.29) is 5.56 Å². The zero-order valence-electron chi connectivity index (χ0n) is 13.0. The Morgan fingerprint density at radius 1 is 1.05 bits per heavy atom. The van der Waals surface area contributed by atoms with Crippen LogP contribution >= 0.6 is 0 Å². The van der Waals surface area contributed by atoms with Gasteiger partial charge in [0, 0.05) is 18.0 Å². The van der Waals surface area contributed by atoms with Crippen molar-refractivity contribution < 1.29 is 14.4 Å². The van der Waals surface area contributed by atoms with E-state index in [1.54, 1.807) is 6.07 Å². The summed E-state index contributed by atoms with van der Waals surface area (Å²) in [4.78, 5) is 13.6. The van der Waals surface area contributed by atoms with Crippen molar-refractivity contribution in [2.45, 2.75) is 0 Å². The van der Waals surface area contributed by atoms with E-state index in [2.05, 4.69) is 31.3 Å². The van der Waals surface area contributed by atoms with Gasteiger partial charge in [0.2, 0.25) is 0 Å². The van der Waals surface area contributed by atoms with Crippen LogP contribution in [-0.2, 0) is 0 Å². The standard InChI is InChI=1S/C12H20N.C6H5NO2/c1-5-9-13(10-6-2,11-7-3)12-8-4;8-6(9)5-2-1-3-7-4-5/h5-8H,1-4,9-12H2;1-4H,(H,8,9)/q+1;/p-1. The first-order chi connectivity index (χ1) is 10.5. The summed E-state index contributed by atoms with van der Waals surface area (Å²) < 4.78 is 0.903. The van der Waals surface area contributed by atoms with Crippen molar-refractivity contribution in [1.29, 1.82) is 0 Å². The topological polar surface area (TPSA) is 53.0 Å². The molecule has 4 nitrogen and oxygen atoms in total. The number of quaternary nitrogens is 1. The Balaban J connectivity index is 0.000000425. The summed E-state index contributed by atoms with van der Waals surface area (Å²) in [6.07, 6.45) is 10.5. The molecule has 4 heteroatoms. The Hall–Kier alpha value is -2.46. The third kappa shape index (κ3) is 7.36. The minimum absolute atomic E-state index is 0.109. The van der Waals surface area contributed by atoms with Crippen LogP contribution in [0, 0.1) is 0 Å². The number of carboxylic acid groups (broad SMARTS) is 1. The van der Waals surface area contributed by atoms with Crippen LogP contribution in [0.3, 0.4) is 0 Å². The highest BCUT2D eigenvalue weighted by Crippen LogP contribution is 2.07. The predicted octanol–water partition coefficient (Wildman–Crippen LogP) is 1.99. The van der Waals surface area contributed by atoms with Gasteiger partial charge in [-0.3, -0.25) is 4.98 Å². The molecule has 0 saturated heterocycles. The molecule has 0 unspecified atom stereocenters. The van der Waals surface area contributed by atoms with Gasteiger partial charge in [-0.15, -0.1) is 0 Å². The summed E-state index contributed by atoms with van der Waals surface area (Å²) in [5.74, 6) is -1.19. The zero-order chi connectivity index (χ0) is 16.8. The second-order valence-corrected chi connectivity index (χ2v) is 4.76. The van der Waals surface area contributed by atoms with Crippen molar-refractivity contribution in [3.8, 4) is 0 Å². The molecule has 0 amide bonds. The van der Waals surface area contributed by atoms with Crippen molar-refractivity contribution in [2.75, 3.05) is 26.2 Å². The number of carboxylic acids is 1. The van der Waals surface area contributed by atoms with E-state index >= 15 is 0 Å². The van der Waals surface area contributed by atoms with E-state index in [1.165, 1.54) is 18.5 Å². The van der Waals surface area contributed by atoms with Gasteiger partial charge in [0.05, 0.1) is 32.1 Å². The fraction of sp³-hybridized carbons (Fsp3) is 0.222. The molecule has 22 heavy (non-hydrogen) atoms. The van der Waals surface area contributed by atoms with Gasteiger partial charge in [0.15, 0.2) is 0 Å². The van der Waals surface area contributed by atoms with Gasteiger partial charge < -0.3 is 14.4 Å². The van der Waals surface area contributed by atoms with Crippen LogP contribution < -0.4 is 5.11 Å². The van der Waals surface area contributed by atoms with Crippen molar-refractivity contribution in [3.63, 3.8) is 0 Å². The lowest BCUT2D eigenvalue weighted by Crippen LogP contribution is -2.48. The van der Waals surface area contributed by atoms with Crippen molar-refractivity contribution in [1.82, 2.24) is 4.98 Å². The van der Waals surface area contributed by atoms with E-state index in [0.29, 0.717) is 0 Å². The van der Waals surface area contributed by atoms with Crippen LogP contribution in [0.4, 0.5) is 0 Å². The highest BCUT2D eigenvalue weighted by Gasteiger charge is 2.20. The molecule has 0 radical (unpaired) electrons. The predicted molar refractivity (Wildman–Crippen MR) is 89.1 cm³/mol. The number of carbonyl (C=O) groups excluding carboxylic acids is 1. The summed E-state index contributed by atoms with van der Waals surface area (Å²) in [6.45, 7) is 18.8. The normalized spacial score (nSPS) is 9.82. The quantitative estimate of drug-likeness (QED) is 0.518. The molecular weight excluding hydrogens is 276 g/mol. The van der Waals surface area contributed by atoms with Crippen LogP contribution in [0.25, 0.3) is 0 Å². The average molecular weight is 300 g/mol. The van der Waals surface area contributed by atoms with Gasteiger partial charge >= 0.3 is 0 Å². The molecule has 1 aromatic rings. The van der Waals surface area contributed by atoms with Crippen LogP contribution in [0.15, 0.2) is 75.1 Å². The monoisotopic (exact) mass is 300 g/mol.